The fourth-order valence-electron chi connectivity index (χ4n) is 1.94. The van der Waals surface area contributed by atoms with Crippen molar-refractivity contribution in [2.24, 2.45) is 0 Å². The van der Waals surface area contributed by atoms with Crippen LogP contribution in [0.25, 0.3) is 11.3 Å². The molecule has 1 aliphatic rings. The summed E-state index contributed by atoms with van der Waals surface area (Å²) in [6.07, 6.45) is 2.50. The summed E-state index contributed by atoms with van der Waals surface area (Å²) in [5.41, 5.74) is 0.488. The average Bonchev–Trinajstić information content (AvgIpc) is 3.10. The van der Waals surface area contributed by atoms with Gasteiger partial charge in [0.15, 0.2) is 12.0 Å². The molecule has 0 saturated heterocycles. The second-order valence-electron chi connectivity index (χ2n) is 4.33. The highest BCUT2D eigenvalue weighted by Gasteiger charge is 2.32. The first-order valence-electron chi connectivity index (χ1n) is 5.61. The molecule has 0 radical (unpaired) electrons. The van der Waals surface area contributed by atoms with Crippen LogP contribution in [-0.4, -0.2) is 11.4 Å². The van der Waals surface area contributed by atoms with Crippen molar-refractivity contribution in [2.75, 3.05) is 0 Å². The van der Waals surface area contributed by atoms with E-state index in [1.807, 2.05) is 0 Å². The SMILES string of the molecule is O=Cc1c(-c2ccc(F)cc2F)noc1C1CC1. The van der Waals surface area contributed by atoms with Gasteiger partial charge in [0.2, 0.25) is 0 Å². The number of rotatable bonds is 3. The van der Waals surface area contributed by atoms with E-state index in [9.17, 15) is 13.6 Å². The highest BCUT2D eigenvalue weighted by atomic mass is 19.1. The number of halogens is 2. The van der Waals surface area contributed by atoms with E-state index in [0.717, 1.165) is 25.0 Å². The number of aromatic nitrogens is 1. The zero-order valence-electron chi connectivity index (χ0n) is 9.32. The van der Waals surface area contributed by atoms with Gasteiger partial charge in [-0.05, 0) is 25.0 Å². The molecule has 1 aliphatic carbocycles. The van der Waals surface area contributed by atoms with Crippen LogP contribution >= 0.6 is 0 Å². The molecule has 92 valence electrons. The number of aldehydes is 1. The van der Waals surface area contributed by atoms with Crippen molar-refractivity contribution in [1.29, 1.82) is 0 Å². The maximum Gasteiger partial charge on any atom is 0.155 e. The lowest BCUT2D eigenvalue weighted by atomic mass is 10.0. The van der Waals surface area contributed by atoms with Gasteiger partial charge in [-0.15, -0.1) is 0 Å². The van der Waals surface area contributed by atoms with E-state index in [2.05, 4.69) is 5.16 Å². The summed E-state index contributed by atoms with van der Waals surface area (Å²) in [6, 6.07) is 3.14. The van der Waals surface area contributed by atoms with Crippen molar-refractivity contribution in [3.8, 4) is 11.3 Å². The Morgan fingerprint density at radius 3 is 2.72 bits per heavy atom. The lowest BCUT2D eigenvalue weighted by molar-refractivity contribution is 0.112. The normalized spacial score (nSPS) is 14.8. The third-order valence-electron chi connectivity index (χ3n) is 3.01. The van der Waals surface area contributed by atoms with E-state index in [1.165, 1.54) is 6.07 Å². The molecule has 3 nitrogen and oxygen atoms in total. The van der Waals surface area contributed by atoms with Crippen LogP contribution in [0.5, 0.6) is 0 Å². The van der Waals surface area contributed by atoms with Crippen molar-refractivity contribution in [1.82, 2.24) is 5.16 Å². The molecule has 1 aromatic heterocycles. The molecular weight excluding hydrogens is 240 g/mol. The summed E-state index contributed by atoms with van der Waals surface area (Å²) >= 11 is 0. The van der Waals surface area contributed by atoms with Gasteiger partial charge in [-0.1, -0.05) is 5.16 Å². The Kier molecular flexibility index (Phi) is 2.47. The average molecular weight is 249 g/mol. The smallest absolute Gasteiger partial charge is 0.155 e. The van der Waals surface area contributed by atoms with Crippen molar-refractivity contribution < 1.29 is 18.1 Å². The van der Waals surface area contributed by atoms with Gasteiger partial charge in [0.1, 0.15) is 17.3 Å². The molecule has 0 amide bonds. The first kappa shape index (κ1) is 11.1. The molecule has 0 spiro atoms. The second kappa shape index (κ2) is 4.01. The molecule has 0 unspecified atom stereocenters. The monoisotopic (exact) mass is 249 g/mol. The molecule has 0 aliphatic heterocycles. The summed E-state index contributed by atoms with van der Waals surface area (Å²) in [6.45, 7) is 0. The summed E-state index contributed by atoms with van der Waals surface area (Å²) < 4.78 is 31.6. The van der Waals surface area contributed by atoms with Gasteiger partial charge in [0.05, 0.1) is 5.56 Å². The van der Waals surface area contributed by atoms with E-state index < -0.39 is 11.6 Å². The van der Waals surface area contributed by atoms with Gasteiger partial charge in [0, 0.05) is 17.5 Å². The van der Waals surface area contributed by atoms with Crippen LogP contribution in [0.3, 0.4) is 0 Å². The summed E-state index contributed by atoms with van der Waals surface area (Å²) in [5.74, 6) is -0.720. The van der Waals surface area contributed by atoms with Gasteiger partial charge < -0.3 is 4.52 Å². The van der Waals surface area contributed by atoms with Gasteiger partial charge >= 0.3 is 0 Å². The first-order chi connectivity index (χ1) is 8.70. The van der Waals surface area contributed by atoms with Crippen LogP contribution in [0.15, 0.2) is 22.7 Å². The quantitative estimate of drug-likeness (QED) is 0.784. The molecule has 18 heavy (non-hydrogen) atoms. The number of hydrogen-bond donors (Lipinski definition) is 0. The minimum absolute atomic E-state index is 0.0779. The Balaban J connectivity index is 2.13. The third-order valence-corrected chi connectivity index (χ3v) is 3.01. The van der Waals surface area contributed by atoms with Gasteiger partial charge in [0.25, 0.3) is 0 Å². The predicted octanol–water partition coefficient (Wildman–Crippen LogP) is 3.31. The van der Waals surface area contributed by atoms with E-state index in [4.69, 9.17) is 4.52 Å². The molecule has 1 fully saturated rings. The molecule has 1 aromatic carbocycles. The summed E-state index contributed by atoms with van der Waals surface area (Å²) in [4.78, 5) is 11.1. The second-order valence-corrected chi connectivity index (χ2v) is 4.33. The Morgan fingerprint density at radius 1 is 1.33 bits per heavy atom. The molecule has 0 bridgehead atoms. The molecule has 0 atom stereocenters. The van der Waals surface area contributed by atoms with Crippen molar-refractivity contribution in [3.63, 3.8) is 0 Å². The molecule has 2 aromatic rings. The van der Waals surface area contributed by atoms with E-state index in [1.54, 1.807) is 0 Å². The lowest BCUT2D eigenvalue weighted by Crippen LogP contribution is -1.92. The summed E-state index contributed by atoms with van der Waals surface area (Å²) in [7, 11) is 0. The number of benzene rings is 1. The minimum atomic E-state index is -0.756. The van der Waals surface area contributed by atoms with Crippen LogP contribution in [0.2, 0.25) is 0 Å². The fourth-order valence-corrected chi connectivity index (χ4v) is 1.94. The van der Waals surface area contributed by atoms with E-state index in [-0.39, 0.29) is 22.7 Å². The lowest BCUT2D eigenvalue weighted by Gasteiger charge is -1.99. The van der Waals surface area contributed by atoms with Crippen LogP contribution in [0.4, 0.5) is 8.78 Å². The number of nitrogens with zero attached hydrogens (tertiary/aromatic N) is 1. The third kappa shape index (κ3) is 1.72. The first-order valence-corrected chi connectivity index (χ1v) is 5.61. The largest absolute Gasteiger partial charge is 0.360 e. The minimum Gasteiger partial charge on any atom is -0.360 e. The maximum atomic E-state index is 13.6. The Labute approximate surface area is 101 Å². The van der Waals surface area contributed by atoms with Crippen molar-refractivity contribution in [2.45, 2.75) is 18.8 Å². The highest BCUT2D eigenvalue weighted by Crippen LogP contribution is 2.43. The van der Waals surface area contributed by atoms with Gasteiger partial charge in [-0.3, -0.25) is 4.79 Å². The molecule has 3 rings (SSSR count). The van der Waals surface area contributed by atoms with Crippen molar-refractivity contribution in [3.05, 3.63) is 41.2 Å². The number of hydrogen-bond acceptors (Lipinski definition) is 3. The number of carbonyl (C=O) groups is 1. The predicted molar refractivity (Wildman–Crippen MR) is 59.2 cm³/mol. The molecule has 1 saturated carbocycles. The van der Waals surface area contributed by atoms with Gasteiger partial charge in [-0.25, -0.2) is 8.78 Å². The highest BCUT2D eigenvalue weighted by molar-refractivity contribution is 5.87. The molecule has 0 N–H and O–H groups in total. The Bertz CT molecular complexity index is 617. The Hall–Kier alpha value is -2.04. The standard InChI is InChI=1S/C13H9F2NO2/c14-8-3-4-9(11(15)5-8)12-10(6-17)13(18-16-12)7-1-2-7/h3-7H,1-2H2. The molecule has 5 heteroatoms. The fraction of sp³-hybridized carbons (Fsp3) is 0.231. The molecular formula is C13H9F2NO2. The van der Waals surface area contributed by atoms with E-state index in [0.29, 0.717) is 12.0 Å². The summed E-state index contributed by atoms with van der Waals surface area (Å²) in [5, 5.41) is 3.74. The topological polar surface area (TPSA) is 43.1 Å². The number of carbonyl (C=O) groups excluding carboxylic acids is 1. The van der Waals surface area contributed by atoms with Crippen LogP contribution in [0.1, 0.15) is 34.9 Å². The zero-order chi connectivity index (χ0) is 12.7. The molecule has 1 heterocycles. The van der Waals surface area contributed by atoms with E-state index >= 15 is 0 Å². The van der Waals surface area contributed by atoms with Crippen LogP contribution in [-0.2, 0) is 0 Å². The van der Waals surface area contributed by atoms with Gasteiger partial charge in [-0.2, -0.15) is 0 Å². The zero-order valence-corrected chi connectivity index (χ0v) is 9.32. The van der Waals surface area contributed by atoms with Crippen LogP contribution in [0, 0.1) is 11.6 Å². The van der Waals surface area contributed by atoms with Crippen LogP contribution < -0.4 is 0 Å². The maximum absolute atomic E-state index is 13.6. The Morgan fingerprint density at radius 2 is 2.11 bits per heavy atom. The van der Waals surface area contributed by atoms with Crippen molar-refractivity contribution >= 4 is 6.29 Å².